The summed E-state index contributed by atoms with van der Waals surface area (Å²) < 4.78 is 29.8. The molecule has 19 heavy (non-hydrogen) atoms. The molecule has 0 aliphatic heterocycles. The zero-order valence-corrected chi connectivity index (χ0v) is 14.8. The maximum atomic E-state index is 11.2. The first kappa shape index (κ1) is 16.9. The zero-order chi connectivity index (χ0) is 14.6. The lowest BCUT2D eigenvalue weighted by atomic mass is 9.99. The number of ether oxygens (including phenoxy) is 1. The number of halogens is 2. The molecule has 0 aliphatic rings. The van der Waals surface area contributed by atoms with E-state index in [0.29, 0.717) is 12.4 Å². The summed E-state index contributed by atoms with van der Waals surface area (Å²) in [5, 5.41) is 5.09. The van der Waals surface area contributed by atoms with Gasteiger partial charge in [0, 0.05) is 10.4 Å². The number of nitrogens with two attached hydrogens (primary N) is 1. The first-order chi connectivity index (χ1) is 8.69. The van der Waals surface area contributed by atoms with Crippen molar-refractivity contribution in [1.82, 2.24) is 0 Å². The smallest absolute Gasteiger partial charge is 0.209 e. The van der Waals surface area contributed by atoms with E-state index in [9.17, 15) is 8.42 Å². The largest absolute Gasteiger partial charge is 0.492 e. The van der Waals surface area contributed by atoms with Gasteiger partial charge in [0.25, 0.3) is 0 Å². The van der Waals surface area contributed by atoms with E-state index in [2.05, 4.69) is 31.9 Å². The molecule has 1 aromatic carbocycles. The van der Waals surface area contributed by atoms with Gasteiger partial charge < -0.3 is 4.74 Å². The number of benzene rings is 1. The monoisotopic (exact) mass is 413 g/mol. The van der Waals surface area contributed by atoms with E-state index in [-0.39, 0.29) is 17.6 Å². The minimum absolute atomic E-state index is 0.0706. The predicted molar refractivity (Wildman–Crippen MR) is 83.6 cm³/mol. The summed E-state index contributed by atoms with van der Waals surface area (Å²) in [7, 11) is -3.49. The number of hydrogen-bond acceptors (Lipinski definition) is 3. The molecule has 0 heterocycles. The maximum Gasteiger partial charge on any atom is 0.209 e. The summed E-state index contributed by atoms with van der Waals surface area (Å²) in [4.78, 5) is 0. The lowest BCUT2D eigenvalue weighted by Gasteiger charge is -2.20. The van der Waals surface area contributed by atoms with E-state index < -0.39 is 10.0 Å². The van der Waals surface area contributed by atoms with Crippen molar-refractivity contribution in [2.45, 2.75) is 13.8 Å². The van der Waals surface area contributed by atoms with Crippen LogP contribution < -0.4 is 9.88 Å². The van der Waals surface area contributed by atoms with Crippen LogP contribution in [0.4, 0.5) is 0 Å². The van der Waals surface area contributed by atoms with Crippen LogP contribution in [0.3, 0.4) is 0 Å². The van der Waals surface area contributed by atoms with Crippen LogP contribution >= 0.6 is 31.9 Å². The molecule has 0 amide bonds. The Labute approximate surface area is 131 Å². The van der Waals surface area contributed by atoms with Crippen molar-refractivity contribution in [2.24, 2.45) is 17.0 Å². The van der Waals surface area contributed by atoms with Gasteiger partial charge in [0.15, 0.2) is 0 Å². The second kappa shape index (κ2) is 7.06. The first-order valence-electron chi connectivity index (χ1n) is 5.77. The minimum Gasteiger partial charge on any atom is -0.492 e. The molecule has 1 aromatic rings. The minimum atomic E-state index is -3.49. The van der Waals surface area contributed by atoms with Crippen molar-refractivity contribution in [1.29, 1.82) is 0 Å². The van der Waals surface area contributed by atoms with Crippen molar-refractivity contribution in [2.75, 3.05) is 12.4 Å². The van der Waals surface area contributed by atoms with Crippen molar-refractivity contribution in [3.05, 3.63) is 27.1 Å². The first-order valence-corrected chi connectivity index (χ1v) is 9.07. The van der Waals surface area contributed by atoms with Crippen molar-refractivity contribution in [3.8, 4) is 5.75 Å². The molecule has 4 nitrogen and oxygen atoms in total. The highest BCUT2D eigenvalue weighted by atomic mass is 79.9. The normalized spacial score (nSPS) is 13.6. The molecule has 2 N–H and O–H groups in total. The average molecular weight is 415 g/mol. The van der Waals surface area contributed by atoms with Crippen LogP contribution in [0.1, 0.15) is 13.8 Å². The lowest BCUT2D eigenvalue weighted by Crippen LogP contribution is -2.30. The van der Waals surface area contributed by atoms with E-state index in [1.165, 1.54) is 0 Å². The van der Waals surface area contributed by atoms with Gasteiger partial charge in [-0.3, -0.25) is 0 Å². The maximum absolute atomic E-state index is 11.2. The molecule has 1 atom stereocenters. The highest BCUT2D eigenvalue weighted by Crippen LogP contribution is 2.29. The highest BCUT2D eigenvalue weighted by Gasteiger charge is 2.20. The molecule has 0 bridgehead atoms. The Morgan fingerprint density at radius 1 is 1.32 bits per heavy atom. The lowest BCUT2D eigenvalue weighted by molar-refractivity contribution is 0.223. The average Bonchev–Trinajstić information content (AvgIpc) is 2.24. The van der Waals surface area contributed by atoms with Gasteiger partial charge in [-0.1, -0.05) is 29.8 Å². The number of sulfonamides is 1. The fraction of sp³-hybridized carbons (Fsp3) is 0.500. The second-order valence-electron chi connectivity index (χ2n) is 4.72. The molecule has 7 heteroatoms. The summed E-state index contributed by atoms with van der Waals surface area (Å²) in [6.07, 6.45) is 0. The van der Waals surface area contributed by atoms with E-state index in [1.54, 1.807) is 0 Å². The van der Waals surface area contributed by atoms with Crippen LogP contribution in [-0.4, -0.2) is 20.8 Å². The number of hydrogen-bond donors (Lipinski definition) is 1. The Morgan fingerprint density at radius 3 is 2.42 bits per heavy atom. The van der Waals surface area contributed by atoms with E-state index in [0.717, 1.165) is 8.95 Å². The molecule has 0 aromatic heterocycles. The summed E-state index contributed by atoms with van der Waals surface area (Å²) in [6, 6.07) is 5.56. The van der Waals surface area contributed by atoms with Gasteiger partial charge in [0.1, 0.15) is 5.75 Å². The molecule has 0 spiro atoms. The molecule has 0 fully saturated rings. The van der Waals surface area contributed by atoms with Crippen LogP contribution in [0.5, 0.6) is 5.75 Å². The van der Waals surface area contributed by atoms with Crippen LogP contribution in [0.25, 0.3) is 0 Å². The third-order valence-corrected chi connectivity index (χ3v) is 4.74. The van der Waals surface area contributed by atoms with Gasteiger partial charge in [0.2, 0.25) is 10.0 Å². The van der Waals surface area contributed by atoms with Crippen LogP contribution in [0.15, 0.2) is 27.1 Å². The van der Waals surface area contributed by atoms with Gasteiger partial charge >= 0.3 is 0 Å². The van der Waals surface area contributed by atoms with Gasteiger partial charge in [-0.15, -0.1) is 0 Å². The molecule has 0 saturated carbocycles. The molecule has 0 saturated heterocycles. The summed E-state index contributed by atoms with van der Waals surface area (Å²) in [5.74, 6) is 0.653. The van der Waals surface area contributed by atoms with Crippen molar-refractivity contribution >= 4 is 41.9 Å². The molecular weight excluding hydrogens is 398 g/mol. The molecule has 1 unspecified atom stereocenters. The Bertz CT molecular complexity index is 532. The van der Waals surface area contributed by atoms with Gasteiger partial charge in [-0.25, -0.2) is 13.6 Å². The third-order valence-electron chi connectivity index (χ3n) is 2.74. The van der Waals surface area contributed by atoms with E-state index in [4.69, 9.17) is 9.88 Å². The Hall–Kier alpha value is -0.110. The summed E-state index contributed by atoms with van der Waals surface area (Å²) >= 11 is 6.76. The van der Waals surface area contributed by atoms with E-state index >= 15 is 0 Å². The molecule has 0 radical (unpaired) electrons. The molecule has 108 valence electrons. The number of primary sulfonamides is 1. The van der Waals surface area contributed by atoms with Crippen LogP contribution in [0.2, 0.25) is 0 Å². The van der Waals surface area contributed by atoms with Crippen LogP contribution in [-0.2, 0) is 10.0 Å². The second-order valence-corrected chi connectivity index (χ2v) is 8.15. The highest BCUT2D eigenvalue weighted by molar-refractivity contribution is 9.11. The molecule has 0 aliphatic carbocycles. The van der Waals surface area contributed by atoms with E-state index in [1.807, 2.05) is 32.0 Å². The van der Waals surface area contributed by atoms with Gasteiger partial charge in [-0.2, -0.15) is 0 Å². The molecule has 1 rings (SSSR count). The summed E-state index contributed by atoms with van der Waals surface area (Å²) in [5.41, 5.74) is 0. The Morgan fingerprint density at radius 2 is 1.95 bits per heavy atom. The van der Waals surface area contributed by atoms with Gasteiger partial charge in [0.05, 0.1) is 16.8 Å². The third kappa shape index (κ3) is 6.25. The van der Waals surface area contributed by atoms with Gasteiger partial charge in [-0.05, 0) is 40.0 Å². The predicted octanol–water partition coefficient (Wildman–Crippen LogP) is 3.15. The zero-order valence-electron chi connectivity index (χ0n) is 10.8. The fourth-order valence-corrected chi connectivity index (χ4v) is 3.76. The number of rotatable bonds is 6. The molecular formula is C12H17Br2NO3S. The SMILES string of the molecule is CC(C)C(COc1ccc(Br)cc1Br)CS(N)(=O)=O. The Balaban J connectivity index is 2.71. The quantitative estimate of drug-likeness (QED) is 0.777. The van der Waals surface area contributed by atoms with Crippen molar-refractivity contribution in [3.63, 3.8) is 0 Å². The van der Waals surface area contributed by atoms with Crippen molar-refractivity contribution < 1.29 is 13.2 Å². The summed E-state index contributed by atoms with van der Waals surface area (Å²) in [6.45, 7) is 4.22. The fourth-order valence-electron chi connectivity index (χ4n) is 1.52. The Kier molecular flexibility index (Phi) is 6.29. The standard InChI is InChI=1S/C12H17Br2NO3S/c1-8(2)9(7-19(15,16)17)6-18-12-4-3-10(13)5-11(12)14/h3-5,8-9H,6-7H2,1-2H3,(H2,15,16,17). The topological polar surface area (TPSA) is 69.4 Å². The van der Waals surface area contributed by atoms with Crippen LogP contribution in [0, 0.1) is 11.8 Å².